The van der Waals surface area contributed by atoms with E-state index in [2.05, 4.69) is 10.3 Å². The highest BCUT2D eigenvalue weighted by atomic mass is 32.2. The fourth-order valence-electron chi connectivity index (χ4n) is 1.94. The Bertz CT molecular complexity index is 659. The van der Waals surface area contributed by atoms with Crippen molar-refractivity contribution >= 4 is 34.1 Å². The predicted octanol–water partition coefficient (Wildman–Crippen LogP) is 4.06. The third-order valence-electron chi connectivity index (χ3n) is 2.87. The highest BCUT2D eigenvalue weighted by Crippen LogP contribution is 2.29. The van der Waals surface area contributed by atoms with Crippen molar-refractivity contribution in [2.75, 3.05) is 24.8 Å². The summed E-state index contributed by atoms with van der Waals surface area (Å²) < 4.78 is 11.0. The van der Waals surface area contributed by atoms with Crippen molar-refractivity contribution in [3.05, 3.63) is 34.8 Å². The lowest BCUT2D eigenvalue weighted by Gasteiger charge is -2.12. The fourth-order valence-corrected chi connectivity index (χ4v) is 3.19. The Hall–Kier alpha value is -1.73. The van der Waals surface area contributed by atoms with Crippen LogP contribution in [0.1, 0.15) is 29.9 Å². The molecule has 0 saturated heterocycles. The lowest BCUT2D eigenvalue weighted by Crippen LogP contribution is -2.12. The number of nitrogens with zero attached hydrogens (tertiary/aromatic N) is 1. The SMILES string of the molecule is CCOc1ccc(C(=O)Nc2nc(CSC)cs2)cc1OCC. The summed E-state index contributed by atoms with van der Waals surface area (Å²) in [5.74, 6) is 1.84. The third-order valence-corrected chi connectivity index (χ3v) is 4.26. The molecule has 0 bridgehead atoms. The number of nitrogens with one attached hydrogen (secondary N) is 1. The number of hydrogen-bond acceptors (Lipinski definition) is 6. The maximum atomic E-state index is 12.4. The molecule has 1 aromatic carbocycles. The Morgan fingerprint density at radius 1 is 1.26 bits per heavy atom. The molecule has 0 atom stereocenters. The van der Waals surface area contributed by atoms with E-state index < -0.39 is 0 Å². The van der Waals surface area contributed by atoms with Gasteiger partial charge in [0.05, 0.1) is 18.9 Å². The van der Waals surface area contributed by atoms with Crippen LogP contribution in [0.4, 0.5) is 5.13 Å². The number of thioether (sulfide) groups is 1. The Labute approximate surface area is 144 Å². The molecule has 0 unspecified atom stereocenters. The van der Waals surface area contributed by atoms with Crippen LogP contribution in [-0.4, -0.2) is 30.4 Å². The summed E-state index contributed by atoms with van der Waals surface area (Å²) in [6.07, 6.45) is 2.02. The number of benzene rings is 1. The standard InChI is InChI=1S/C16H20N2O3S2/c1-4-20-13-7-6-11(8-14(13)21-5-2)15(19)18-16-17-12(9-22-3)10-23-16/h6-8,10H,4-5,9H2,1-3H3,(H,17,18,19). The number of rotatable bonds is 8. The van der Waals surface area contributed by atoms with Gasteiger partial charge < -0.3 is 9.47 Å². The van der Waals surface area contributed by atoms with Crippen molar-refractivity contribution in [1.82, 2.24) is 4.98 Å². The van der Waals surface area contributed by atoms with Crippen LogP contribution in [0.2, 0.25) is 0 Å². The minimum atomic E-state index is -0.209. The second-order valence-corrected chi connectivity index (χ2v) is 6.28. The fraction of sp³-hybridized carbons (Fsp3) is 0.375. The zero-order valence-electron chi connectivity index (χ0n) is 13.4. The van der Waals surface area contributed by atoms with Crippen molar-refractivity contribution in [1.29, 1.82) is 0 Å². The first kappa shape index (κ1) is 17.6. The number of hydrogen-bond donors (Lipinski definition) is 1. The van der Waals surface area contributed by atoms with E-state index in [0.717, 1.165) is 11.4 Å². The minimum Gasteiger partial charge on any atom is -0.490 e. The van der Waals surface area contributed by atoms with Crippen LogP contribution in [0.15, 0.2) is 23.6 Å². The maximum absolute atomic E-state index is 12.4. The van der Waals surface area contributed by atoms with Crippen LogP contribution >= 0.6 is 23.1 Å². The van der Waals surface area contributed by atoms with Gasteiger partial charge in [0.25, 0.3) is 5.91 Å². The summed E-state index contributed by atoms with van der Waals surface area (Å²) in [6.45, 7) is 4.86. The van der Waals surface area contributed by atoms with Crippen LogP contribution in [0.25, 0.3) is 0 Å². The Kier molecular flexibility index (Phi) is 6.73. The molecule has 23 heavy (non-hydrogen) atoms. The number of ether oxygens (including phenoxy) is 2. The number of carbonyl (C=O) groups is 1. The van der Waals surface area contributed by atoms with Gasteiger partial charge in [0, 0.05) is 16.7 Å². The molecule has 1 heterocycles. The molecular formula is C16H20N2O3S2. The molecule has 0 spiro atoms. The normalized spacial score (nSPS) is 10.4. The average Bonchev–Trinajstić information content (AvgIpc) is 2.97. The molecule has 2 aromatic rings. The third kappa shape index (κ3) is 4.87. The number of amides is 1. The number of thiazole rings is 1. The molecule has 1 N–H and O–H groups in total. The van der Waals surface area contributed by atoms with E-state index in [1.54, 1.807) is 30.0 Å². The second-order valence-electron chi connectivity index (χ2n) is 4.56. The van der Waals surface area contributed by atoms with Gasteiger partial charge in [-0.2, -0.15) is 11.8 Å². The average molecular weight is 352 g/mol. The molecule has 7 heteroatoms. The molecule has 124 valence electrons. The number of anilines is 1. The van der Waals surface area contributed by atoms with Gasteiger partial charge in [-0.25, -0.2) is 4.98 Å². The summed E-state index contributed by atoms with van der Waals surface area (Å²) in [4.78, 5) is 16.7. The van der Waals surface area contributed by atoms with Crippen LogP contribution in [-0.2, 0) is 5.75 Å². The highest BCUT2D eigenvalue weighted by Gasteiger charge is 2.13. The zero-order valence-corrected chi connectivity index (χ0v) is 15.1. The van der Waals surface area contributed by atoms with Gasteiger partial charge in [-0.05, 0) is 38.3 Å². The first-order valence-electron chi connectivity index (χ1n) is 7.32. The monoisotopic (exact) mass is 352 g/mol. The van der Waals surface area contributed by atoms with Crippen LogP contribution in [0.5, 0.6) is 11.5 Å². The largest absolute Gasteiger partial charge is 0.490 e. The molecular weight excluding hydrogens is 332 g/mol. The summed E-state index contributed by atoms with van der Waals surface area (Å²) in [5.41, 5.74) is 1.48. The minimum absolute atomic E-state index is 0.209. The van der Waals surface area contributed by atoms with Gasteiger partial charge in [0.2, 0.25) is 0 Å². The van der Waals surface area contributed by atoms with Crippen molar-refractivity contribution in [3.8, 4) is 11.5 Å². The number of carbonyl (C=O) groups excluding carboxylic acids is 1. The lowest BCUT2D eigenvalue weighted by atomic mass is 10.2. The number of aromatic nitrogens is 1. The predicted molar refractivity (Wildman–Crippen MR) is 96.1 cm³/mol. The van der Waals surface area contributed by atoms with Crippen molar-refractivity contribution in [3.63, 3.8) is 0 Å². The summed E-state index contributed by atoms with van der Waals surface area (Å²) >= 11 is 3.12. The molecule has 5 nitrogen and oxygen atoms in total. The topological polar surface area (TPSA) is 60.5 Å². The molecule has 0 fully saturated rings. The van der Waals surface area contributed by atoms with Gasteiger partial charge in [0.15, 0.2) is 16.6 Å². The Morgan fingerprint density at radius 3 is 2.70 bits per heavy atom. The van der Waals surface area contributed by atoms with Crippen molar-refractivity contribution in [2.24, 2.45) is 0 Å². The Morgan fingerprint density at radius 2 is 2.00 bits per heavy atom. The molecule has 0 aliphatic rings. The van der Waals surface area contributed by atoms with Crippen LogP contribution in [0.3, 0.4) is 0 Å². The molecule has 1 aromatic heterocycles. The van der Waals surface area contributed by atoms with Gasteiger partial charge in [-0.1, -0.05) is 0 Å². The highest BCUT2D eigenvalue weighted by molar-refractivity contribution is 7.97. The van der Waals surface area contributed by atoms with E-state index in [0.29, 0.717) is 35.4 Å². The molecule has 0 saturated carbocycles. The van der Waals surface area contributed by atoms with Gasteiger partial charge in [-0.3, -0.25) is 10.1 Å². The second kappa shape index (κ2) is 8.79. The lowest BCUT2D eigenvalue weighted by molar-refractivity contribution is 0.102. The van der Waals surface area contributed by atoms with Gasteiger partial charge >= 0.3 is 0 Å². The summed E-state index contributed by atoms with van der Waals surface area (Å²) in [7, 11) is 0. The van der Waals surface area contributed by atoms with Gasteiger partial charge in [0.1, 0.15) is 0 Å². The first-order chi connectivity index (χ1) is 11.2. The Balaban J connectivity index is 2.12. The smallest absolute Gasteiger partial charge is 0.257 e. The molecule has 0 aliphatic carbocycles. The van der Waals surface area contributed by atoms with Crippen molar-refractivity contribution < 1.29 is 14.3 Å². The van der Waals surface area contributed by atoms with E-state index >= 15 is 0 Å². The molecule has 0 radical (unpaired) electrons. The van der Waals surface area contributed by atoms with E-state index in [9.17, 15) is 4.79 Å². The van der Waals surface area contributed by atoms with E-state index in [1.165, 1.54) is 11.3 Å². The van der Waals surface area contributed by atoms with E-state index in [4.69, 9.17) is 9.47 Å². The molecule has 2 rings (SSSR count). The van der Waals surface area contributed by atoms with Crippen LogP contribution < -0.4 is 14.8 Å². The van der Waals surface area contributed by atoms with E-state index in [1.807, 2.05) is 25.5 Å². The quantitative estimate of drug-likeness (QED) is 0.776. The van der Waals surface area contributed by atoms with Crippen molar-refractivity contribution in [2.45, 2.75) is 19.6 Å². The molecule has 1 amide bonds. The van der Waals surface area contributed by atoms with Crippen LogP contribution in [0, 0.1) is 0 Å². The summed E-state index contributed by atoms with van der Waals surface area (Å²) in [6, 6.07) is 5.17. The first-order valence-corrected chi connectivity index (χ1v) is 9.59. The summed E-state index contributed by atoms with van der Waals surface area (Å²) in [5, 5.41) is 5.38. The maximum Gasteiger partial charge on any atom is 0.257 e. The van der Waals surface area contributed by atoms with E-state index in [-0.39, 0.29) is 5.91 Å². The zero-order chi connectivity index (χ0) is 16.7. The van der Waals surface area contributed by atoms with Gasteiger partial charge in [-0.15, -0.1) is 11.3 Å². The molecule has 0 aliphatic heterocycles.